The van der Waals surface area contributed by atoms with Crippen LogP contribution in [0.15, 0.2) is 0 Å². The van der Waals surface area contributed by atoms with Crippen molar-refractivity contribution in [1.82, 2.24) is 0 Å². The van der Waals surface area contributed by atoms with Gasteiger partial charge in [-0.3, -0.25) is 9.59 Å². The molecule has 0 unspecified atom stereocenters. The van der Waals surface area contributed by atoms with E-state index in [-0.39, 0.29) is 19.1 Å². The molecule has 1 rings (SSSR count). The molecule has 1 saturated heterocycles. The predicted molar refractivity (Wildman–Crippen MR) is 57.1 cm³/mol. The molecule has 98 valence electrons. The Morgan fingerprint density at radius 3 is 2.47 bits per heavy atom. The maximum absolute atomic E-state index is 11.3. The van der Waals surface area contributed by atoms with Crippen molar-refractivity contribution in [3.63, 3.8) is 0 Å². The summed E-state index contributed by atoms with van der Waals surface area (Å²) in [6.07, 6.45) is -0.808. The molecule has 0 amide bonds. The summed E-state index contributed by atoms with van der Waals surface area (Å²) in [5, 5.41) is 0. The van der Waals surface area contributed by atoms with E-state index in [9.17, 15) is 9.59 Å². The highest BCUT2D eigenvalue weighted by molar-refractivity contribution is 5.91. The minimum atomic E-state index is -0.613. The van der Waals surface area contributed by atoms with E-state index in [1.807, 2.05) is 13.8 Å². The van der Waals surface area contributed by atoms with Crippen LogP contribution in [-0.4, -0.2) is 44.7 Å². The van der Waals surface area contributed by atoms with Gasteiger partial charge in [0.25, 0.3) is 0 Å². The molecule has 6 nitrogen and oxygen atoms in total. The Bertz CT molecular complexity index is 257. The van der Waals surface area contributed by atoms with Crippen LogP contribution in [0.2, 0.25) is 0 Å². The number of carbonyl (C=O) groups excluding carboxylic acids is 2. The van der Waals surface area contributed by atoms with Gasteiger partial charge in [0.15, 0.2) is 0 Å². The lowest BCUT2D eigenvalue weighted by atomic mass is 10.2. The number of hydrogen-bond donors (Lipinski definition) is 0. The van der Waals surface area contributed by atoms with Gasteiger partial charge in [-0.1, -0.05) is 13.8 Å². The van der Waals surface area contributed by atoms with Gasteiger partial charge in [-0.25, -0.2) is 0 Å². The minimum Gasteiger partial charge on any atom is -0.465 e. The molecule has 17 heavy (non-hydrogen) atoms. The SMILES string of the molecule is CC(C)COC(=O)CC(=O)OC1COCOC1. The van der Waals surface area contributed by atoms with Crippen molar-refractivity contribution >= 4 is 11.9 Å². The van der Waals surface area contributed by atoms with Gasteiger partial charge in [-0.2, -0.15) is 0 Å². The van der Waals surface area contributed by atoms with Crippen molar-refractivity contribution in [2.24, 2.45) is 5.92 Å². The van der Waals surface area contributed by atoms with Gasteiger partial charge in [0.05, 0.1) is 19.8 Å². The lowest BCUT2D eigenvalue weighted by Gasteiger charge is -2.22. The second-order valence-electron chi connectivity index (χ2n) is 4.22. The number of ether oxygens (including phenoxy) is 4. The molecule has 1 aliphatic rings. The molecule has 0 bridgehead atoms. The number of esters is 2. The highest BCUT2D eigenvalue weighted by atomic mass is 16.7. The molecule has 6 heteroatoms. The van der Waals surface area contributed by atoms with Crippen LogP contribution >= 0.6 is 0 Å². The molecule has 0 atom stereocenters. The first-order valence-electron chi connectivity index (χ1n) is 5.58. The largest absolute Gasteiger partial charge is 0.465 e. The van der Waals surface area contributed by atoms with Crippen molar-refractivity contribution in [2.45, 2.75) is 26.4 Å². The van der Waals surface area contributed by atoms with Crippen LogP contribution in [0.3, 0.4) is 0 Å². The molecule has 0 saturated carbocycles. The van der Waals surface area contributed by atoms with Crippen LogP contribution in [0, 0.1) is 5.92 Å². The van der Waals surface area contributed by atoms with Crippen LogP contribution in [0.1, 0.15) is 20.3 Å². The van der Waals surface area contributed by atoms with Crippen molar-refractivity contribution in [2.75, 3.05) is 26.6 Å². The topological polar surface area (TPSA) is 71.1 Å². The highest BCUT2D eigenvalue weighted by Crippen LogP contribution is 2.04. The van der Waals surface area contributed by atoms with E-state index < -0.39 is 18.0 Å². The van der Waals surface area contributed by atoms with Gasteiger partial charge in [0.2, 0.25) is 0 Å². The van der Waals surface area contributed by atoms with E-state index in [1.54, 1.807) is 0 Å². The van der Waals surface area contributed by atoms with Gasteiger partial charge in [-0.15, -0.1) is 0 Å². The first-order chi connectivity index (χ1) is 8.08. The standard InChI is InChI=1S/C11H18O6/c1-8(2)4-16-10(12)3-11(13)17-9-5-14-7-15-6-9/h8-9H,3-7H2,1-2H3. The number of carbonyl (C=O) groups is 2. The van der Waals surface area contributed by atoms with Crippen LogP contribution in [0.25, 0.3) is 0 Å². The average Bonchev–Trinajstić information content (AvgIpc) is 2.27. The molecular formula is C11H18O6. The monoisotopic (exact) mass is 246 g/mol. The van der Waals surface area contributed by atoms with E-state index in [0.717, 1.165) is 0 Å². The summed E-state index contributed by atoms with van der Waals surface area (Å²) < 4.78 is 19.7. The zero-order chi connectivity index (χ0) is 12.7. The van der Waals surface area contributed by atoms with Crippen LogP contribution < -0.4 is 0 Å². The third-order valence-corrected chi connectivity index (χ3v) is 1.94. The Morgan fingerprint density at radius 1 is 1.24 bits per heavy atom. The van der Waals surface area contributed by atoms with E-state index in [0.29, 0.717) is 19.8 Å². The fourth-order valence-corrected chi connectivity index (χ4v) is 1.19. The molecule has 0 aromatic carbocycles. The van der Waals surface area contributed by atoms with Gasteiger partial charge >= 0.3 is 11.9 Å². The average molecular weight is 246 g/mol. The summed E-state index contributed by atoms with van der Waals surface area (Å²) >= 11 is 0. The Morgan fingerprint density at radius 2 is 1.88 bits per heavy atom. The molecule has 1 heterocycles. The summed E-state index contributed by atoms with van der Waals surface area (Å²) in [6, 6.07) is 0. The smallest absolute Gasteiger partial charge is 0.317 e. The molecule has 1 aliphatic heterocycles. The quantitative estimate of drug-likeness (QED) is 0.519. The summed E-state index contributed by atoms with van der Waals surface area (Å²) in [6.45, 7) is 4.95. The Balaban J connectivity index is 2.17. The van der Waals surface area contributed by atoms with Crippen LogP contribution in [0.5, 0.6) is 0 Å². The second-order valence-corrected chi connectivity index (χ2v) is 4.22. The summed E-state index contributed by atoms with van der Waals surface area (Å²) in [4.78, 5) is 22.5. The normalized spacial score (nSPS) is 16.9. The van der Waals surface area contributed by atoms with Crippen LogP contribution in [0.4, 0.5) is 0 Å². The Labute approximate surface area is 100 Å². The molecule has 0 radical (unpaired) electrons. The summed E-state index contributed by atoms with van der Waals surface area (Å²) in [5.74, 6) is -0.936. The third-order valence-electron chi connectivity index (χ3n) is 1.94. The zero-order valence-corrected chi connectivity index (χ0v) is 10.1. The van der Waals surface area contributed by atoms with E-state index in [2.05, 4.69) is 0 Å². The van der Waals surface area contributed by atoms with E-state index in [4.69, 9.17) is 18.9 Å². The number of rotatable bonds is 5. The second kappa shape index (κ2) is 7.24. The first-order valence-corrected chi connectivity index (χ1v) is 5.58. The molecule has 0 spiro atoms. The Kier molecular flexibility index (Phi) is 5.93. The van der Waals surface area contributed by atoms with Crippen molar-refractivity contribution < 1.29 is 28.5 Å². The fraction of sp³-hybridized carbons (Fsp3) is 0.818. The number of hydrogen-bond acceptors (Lipinski definition) is 6. The molecule has 0 aromatic heterocycles. The lowest BCUT2D eigenvalue weighted by Crippen LogP contribution is -2.34. The molecular weight excluding hydrogens is 228 g/mol. The van der Waals surface area contributed by atoms with E-state index in [1.165, 1.54) is 0 Å². The third kappa shape index (κ3) is 6.23. The van der Waals surface area contributed by atoms with Gasteiger partial charge in [0, 0.05) is 0 Å². The van der Waals surface area contributed by atoms with Crippen LogP contribution in [-0.2, 0) is 28.5 Å². The van der Waals surface area contributed by atoms with Gasteiger partial charge < -0.3 is 18.9 Å². The van der Waals surface area contributed by atoms with E-state index >= 15 is 0 Å². The first kappa shape index (κ1) is 13.9. The van der Waals surface area contributed by atoms with Crippen molar-refractivity contribution in [1.29, 1.82) is 0 Å². The fourth-order valence-electron chi connectivity index (χ4n) is 1.19. The summed E-state index contributed by atoms with van der Waals surface area (Å²) in [7, 11) is 0. The molecule has 1 fully saturated rings. The maximum Gasteiger partial charge on any atom is 0.317 e. The maximum atomic E-state index is 11.3. The molecule has 0 aliphatic carbocycles. The van der Waals surface area contributed by atoms with Crippen molar-refractivity contribution in [3.05, 3.63) is 0 Å². The van der Waals surface area contributed by atoms with Gasteiger partial charge in [0.1, 0.15) is 19.3 Å². The van der Waals surface area contributed by atoms with Gasteiger partial charge in [-0.05, 0) is 5.92 Å². The zero-order valence-electron chi connectivity index (χ0n) is 10.1. The molecule has 0 N–H and O–H groups in total. The molecule has 0 aromatic rings. The predicted octanol–water partition coefficient (Wildman–Crippen LogP) is 0.492. The summed E-state index contributed by atoms with van der Waals surface area (Å²) in [5.41, 5.74) is 0. The highest BCUT2D eigenvalue weighted by Gasteiger charge is 2.21. The lowest BCUT2D eigenvalue weighted by molar-refractivity contribution is -0.184. The Hall–Kier alpha value is -1.14. The van der Waals surface area contributed by atoms with Crippen molar-refractivity contribution in [3.8, 4) is 0 Å². The minimum absolute atomic E-state index is 0.213.